The molecule has 0 rings (SSSR count). The second kappa shape index (κ2) is 10.0. The third-order valence-electron chi connectivity index (χ3n) is 2.48. The first kappa shape index (κ1) is 13.0. The number of hydrogen-bond acceptors (Lipinski definition) is 1. The lowest BCUT2D eigenvalue weighted by molar-refractivity contribution is 0.468. The van der Waals surface area contributed by atoms with Gasteiger partial charge in [-0.1, -0.05) is 46.5 Å². The maximum absolute atomic E-state index is 3.53. The second-order valence-corrected chi connectivity index (χ2v) is 4.16. The molecule has 13 heavy (non-hydrogen) atoms. The van der Waals surface area contributed by atoms with E-state index in [4.69, 9.17) is 0 Å². The minimum atomic E-state index is 0.858. The SMILES string of the molecule is CCCCCCNC[C@@H](C)CCC. The molecule has 0 aliphatic carbocycles. The molecule has 0 aromatic heterocycles. The highest BCUT2D eigenvalue weighted by Crippen LogP contribution is 2.03. The Bertz CT molecular complexity index is 91.1. The minimum Gasteiger partial charge on any atom is -0.316 e. The minimum absolute atomic E-state index is 0.858. The molecule has 0 saturated carbocycles. The molecule has 1 N–H and O–H groups in total. The van der Waals surface area contributed by atoms with E-state index in [-0.39, 0.29) is 0 Å². The van der Waals surface area contributed by atoms with E-state index in [1.54, 1.807) is 0 Å². The van der Waals surface area contributed by atoms with E-state index >= 15 is 0 Å². The largest absolute Gasteiger partial charge is 0.316 e. The van der Waals surface area contributed by atoms with Crippen LogP contribution >= 0.6 is 0 Å². The Morgan fingerprint density at radius 3 is 2.38 bits per heavy atom. The van der Waals surface area contributed by atoms with Crippen molar-refractivity contribution in [1.82, 2.24) is 5.32 Å². The van der Waals surface area contributed by atoms with Crippen molar-refractivity contribution < 1.29 is 0 Å². The molecule has 0 fully saturated rings. The molecule has 0 unspecified atom stereocenters. The molecule has 0 spiro atoms. The molecule has 1 heteroatoms. The van der Waals surface area contributed by atoms with Gasteiger partial charge in [0.2, 0.25) is 0 Å². The summed E-state index contributed by atoms with van der Waals surface area (Å²) in [6, 6.07) is 0. The van der Waals surface area contributed by atoms with Crippen LogP contribution in [0.3, 0.4) is 0 Å². The summed E-state index contributed by atoms with van der Waals surface area (Å²) in [5, 5.41) is 3.53. The van der Waals surface area contributed by atoms with Gasteiger partial charge in [-0.15, -0.1) is 0 Å². The first-order valence-electron chi connectivity index (χ1n) is 6.02. The predicted octanol–water partition coefficient (Wildman–Crippen LogP) is 3.59. The van der Waals surface area contributed by atoms with Crippen LogP contribution in [0.4, 0.5) is 0 Å². The molecule has 0 bridgehead atoms. The molecule has 1 nitrogen and oxygen atoms in total. The van der Waals surface area contributed by atoms with Crippen LogP contribution in [-0.4, -0.2) is 13.1 Å². The second-order valence-electron chi connectivity index (χ2n) is 4.16. The first-order valence-corrected chi connectivity index (χ1v) is 6.02. The van der Waals surface area contributed by atoms with Crippen LogP contribution in [0.1, 0.15) is 59.3 Å². The van der Waals surface area contributed by atoms with E-state index in [0.717, 1.165) is 5.92 Å². The summed E-state index contributed by atoms with van der Waals surface area (Å²) in [6.07, 6.45) is 8.16. The average molecular weight is 185 g/mol. The Hall–Kier alpha value is -0.0400. The Labute approximate surface area is 84.3 Å². The first-order chi connectivity index (χ1) is 6.31. The molecule has 0 aromatic rings. The van der Waals surface area contributed by atoms with Crippen molar-refractivity contribution in [2.45, 2.75) is 59.3 Å². The number of hydrogen-bond donors (Lipinski definition) is 1. The predicted molar refractivity (Wildman–Crippen MR) is 61.1 cm³/mol. The Morgan fingerprint density at radius 1 is 1.00 bits per heavy atom. The Balaban J connectivity index is 2.97. The fourth-order valence-electron chi connectivity index (χ4n) is 1.62. The third kappa shape index (κ3) is 9.88. The van der Waals surface area contributed by atoms with Crippen LogP contribution in [0, 0.1) is 5.92 Å². The normalized spacial score (nSPS) is 13.2. The van der Waals surface area contributed by atoms with Crippen LogP contribution in [0.15, 0.2) is 0 Å². The molecule has 0 aliphatic heterocycles. The molecule has 1 atom stereocenters. The molecular weight excluding hydrogens is 158 g/mol. The highest BCUT2D eigenvalue weighted by molar-refractivity contribution is 4.56. The summed E-state index contributed by atoms with van der Waals surface area (Å²) in [5.74, 6) is 0.858. The molecule has 0 aliphatic rings. The van der Waals surface area contributed by atoms with E-state index in [1.165, 1.54) is 51.6 Å². The van der Waals surface area contributed by atoms with Gasteiger partial charge in [0.25, 0.3) is 0 Å². The summed E-state index contributed by atoms with van der Waals surface area (Å²) >= 11 is 0. The lowest BCUT2D eigenvalue weighted by Gasteiger charge is -2.10. The van der Waals surface area contributed by atoms with Gasteiger partial charge in [-0.05, 0) is 31.8 Å². The zero-order valence-corrected chi connectivity index (χ0v) is 9.73. The summed E-state index contributed by atoms with van der Waals surface area (Å²) in [7, 11) is 0. The summed E-state index contributed by atoms with van der Waals surface area (Å²) in [6.45, 7) is 9.28. The number of nitrogens with one attached hydrogen (secondary N) is 1. The summed E-state index contributed by atoms with van der Waals surface area (Å²) in [4.78, 5) is 0. The van der Waals surface area contributed by atoms with Gasteiger partial charge in [-0.2, -0.15) is 0 Å². The van der Waals surface area contributed by atoms with Crippen LogP contribution in [0.25, 0.3) is 0 Å². The van der Waals surface area contributed by atoms with Crippen molar-refractivity contribution in [3.63, 3.8) is 0 Å². The van der Waals surface area contributed by atoms with Crippen molar-refractivity contribution >= 4 is 0 Å². The molecule has 0 amide bonds. The highest BCUT2D eigenvalue weighted by Gasteiger charge is 1.98. The zero-order valence-electron chi connectivity index (χ0n) is 9.73. The monoisotopic (exact) mass is 185 g/mol. The van der Waals surface area contributed by atoms with Gasteiger partial charge in [0.05, 0.1) is 0 Å². The van der Waals surface area contributed by atoms with E-state index in [2.05, 4.69) is 26.1 Å². The van der Waals surface area contributed by atoms with Crippen molar-refractivity contribution in [1.29, 1.82) is 0 Å². The van der Waals surface area contributed by atoms with E-state index in [9.17, 15) is 0 Å². The maximum atomic E-state index is 3.53. The smallest absolute Gasteiger partial charge is 0.00232 e. The van der Waals surface area contributed by atoms with Crippen molar-refractivity contribution in [3.05, 3.63) is 0 Å². The quantitative estimate of drug-likeness (QED) is 0.541. The third-order valence-corrected chi connectivity index (χ3v) is 2.48. The molecule has 0 radical (unpaired) electrons. The lowest BCUT2D eigenvalue weighted by Crippen LogP contribution is -2.22. The fourth-order valence-corrected chi connectivity index (χ4v) is 1.62. The van der Waals surface area contributed by atoms with Crippen LogP contribution < -0.4 is 5.32 Å². The molecule has 0 heterocycles. The fraction of sp³-hybridized carbons (Fsp3) is 1.00. The standard InChI is InChI=1S/C12H27N/c1-4-6-7-8-10-13-11-12(3)9-5-2/h12-13H,4-11H2,1-3H3/t12-/m0/s1. The van der Waals surface area contributed by atoms with Crippen LogP contribution in [0.5, 0.6) is 0 Å². The highest BCUT2D eigenvalue weighted by atomic mass is 14.8. The van der Waals surface area contributed by atoms with Gasteiger partial charge in [-0.25, -0.2) is 0 Å². The Morgan fingerprint density at radius 2 is 1.77 bits per heavy atom. The lowest BCUT2D eigenvalue weighted by atomic mass is 10.1. The topological polar surface area (TPSA) is 12.0 Å². The number of unbranched alkanes of at least 4 members (excludes halogenated alkanes) is 3. The molecule has 0 saturated heterocycles. The van der Waals surface area contributed by atoms with Gasteiger partial charge in [0.1, 0.15) is 0 Å². The summed E-state index contributed by atoms with van der Waals surface area (Å²) < 4.78 is 0. The van der Waals surface area contributed by atoms with Gasteiger partial charge >= 0.3 is 0 Å². The molecule has 0 aromatic carbocycles. The van der Waals surface area contributed by atoms with Gasteiger partial charge in [-0.3, -0.25) is 0 Å². The Kier molecular flexibility index (Phi) is 10.0. The zero-order chi connectivity index (χ0) is 9.94. The van der Waals surface area contributed by atoms with Crippen LogP contribution in [0.2, 0.25) is 0 Å². The van der Waals surface area contributed by atoms with Gasteiger partial charge in [0, 0.05) is 0 Å². The van der Waals surface area contributed by atoms with E-state index in [1.807, 2.05) is 0 Å². The van der Waals surface area contributed by atoms with Crippen molar-refractivity contribution in [2.24, 2.45) is 5.92 Å². The molecule has 80 valence electrons. The maximum Gasteiger partial charge on any atom is -0.00232 e. The average Bonchev–Trinajstić information content (AvgIpc) is 2.11. The van der Waals surface area contributed by atoms with E-state index < -0.39 is 0 Å². The molecular formula is C12H27N. The van der Waals surface area contributed by atoms with Gasteiger partial charge < -0.3 is 5.32 Å². The van der Waals surface area contributed by atoms with Crippen molar-refractivity contribution in [2.75, 3.05) is 13.1 Å². The van der Waals surface area contributed by atoms with E-state index in [0.29, 0.717) is 0 Å². The van der Waals surface area contributed by atoms with Gasteiger partial charge in [0.15, 0.2) is 0 Å². The van der Waals surface area contributed by atoms with Crippen molar-refractivity contribution in [3.8, 4) is 0 Å². The number of rotatable bonds is 9. The summed E-state index contributed by atoms with van der Waals surface area (Å²) in [5.41, 5.74) is 0. The van der Waals surface area contributed by atoms with Crippen LogP contribution in [-0.2, 0) is 0 Å².